The Morgan fingerprint density at radius 1 is 1.00 bits per heavy atom. The van der Waals surface area contributed by atoms with Gasteiger partial charge >= 0.3 is 0 Å². The molecular weight excluding hydrogens is 284 g/mol. The van der Waals surface area contributed by atoms with Gasteiger partial charge in [0.15, 0.2) is 0 Å². The highest BCUT2D eigenvalue weighted by molar-refractivity contribution is 9.08. The van der Waals surface area contributed by atoms with Crippen molar-refractivity contribution in [1.82, 2.24) is 0 Å². The lowest BCUT2D eigenvalue weighted by Crippen LogP contribution is -1.82. The Hall–Kier alpha value is -0.820. The summed E-state index contributed by atoms with van der Waals surface area (Å²) in [6.07, 6.45) is 6.32. The van der Waals surface area contributed by atoms with Gasteiger partial charge in [0, 0.05) is 5.33 Å². The van der Waals surface area contributed by atoms with Gasteiger partial charge in [-0.3, -0.25) is 0 Å². The normalized spacial score (nSPS) is 10.3. The molecule has 0 heterocycles. The molecule has 102 valence electrons. The van der Waals surface area contributed by atoms with Crippen LogP contribution < -0.4 is 0 Å². The molecule has 0 spiro atoms. The third-order valence-electron chi connectivity index (χ3n) is 2.10. The first kappa shape index (κ1) is 19.5. The smallest absolute Gasteiger partial charge is 0.0283 e. The first-order valence-electron chi connectivity index (χ1n) is 6.76. The van der Waals surface area contributed by atoms with Gasteiger partial charge in [-0.1, -0.05) is 86.1 Å². The number of benzene rings is 1. The molecule has 0 nitrogen and oxygen atoms in total. The Balaban J connectivity index is 0. The van der Waals surface area contributed by atoms with Gasteiger partial charge in [-0.05, 0) is 30.5 Å². The Labute approximate surface area is 122 Å². The standard InChI is InChI=1S/C13H15Br.2C2H6/c1-3-5-12(4-2)13-8-6-11(10-14)7-9-13;2*1-2/h3-9H,10H2,1-2H3;2*1-2H3/b5-3-,12-4+;;. The van der Waals surface area contributed by atoms with Crippen LogP contribution in [0, 0.1) is 0 Å². The van der Waals surface area contributed by atoms with Crippen molar-refractivity contribution in [2.75, 3.05) is 0 Å². The van der Waals surface area contributed by atoms with E-state index in [-0.39, 0.29) is 0 Å². The molecule has 0 aliphatic heterocycles. The van der Waals surface area contributed by atoms with E-state index >= 15 is 0 Å². The second-order valence-electron chi connectivity index (χ2n) is 3.07. The van der Waals surface area contributed by atoms with E-state index in [0.29, 0.717) is 0 Å². The van der Waals surface area contributed by atoms with Gasteiger partial charge < -0.3 is 0 Å². The molecule has 1 aromatic rings. The summed E-state index contributed by atoms with van der Waals surface area (Å²) in [6.45, 7) is 12.1. The third kappa shape index (κ3) is 7.50. The molecule has 18 heavy (non-hydrogen) atoms. The monoisotopic (exact) mass is 310 g/mol. The van der Waals surface area contributed by atoms with E-state index in [2.05, 4.69) is 65.3 Å². The number of hydrogen-bond donors (Lipinski definition) is 0. The van der Waals surface area contributed by atoms with Crippen LogP contribution in [-0.4, -0.2) is 0 Å². The maximum absolute atomic E-state index is 3.44. The van der Waals surface area contributed by atoms with E-state index in [0.717, 1.165) is 5.33 Å². The van der Waals surface area contributed by atoms with E-state index < -0.39 is 0 Å². The number of hydrogen-bond acceptors (Lipinski definition) is 0. The minimum absolute atomic E-state index is 0.919. The molecule has 0 aliphatic rings. The molecule has 1 heteroatoms. The highest BCUT2D eigenvalue weighted by atomic mass is 79.9. The lowest BCUT2D eigenvalue weighted by molar-refractivity contribution is 1.42. The fourth-order valence-electron chi connectivity index (χ4n) is 1.32. The largest absolute Gasteiger partial charge is 0.0876 e. The van der Waals surface area contributed by atoms with Crippen LogP contribution in [0.15, 0.2) is 42.5 Å². The van der Waals surface area contributed by atoms with Crippen LogP contribution in [0.5, 0.6) is 0 Å². The van der Waals surface area contributed by atoms with Crippen LogP contribution in [0.25, 0.3) is 5.57 Å². The van der Waals surface area contributed by atoms with Crippen molar-refractivity contribution in [2.24, 2.45) is 0 Å². The van der Waals surface area contributed by atoms with Crippen molar-refractivity contribution in [3.63, 3.8) is 0 Å². The summed E-state index contributed by atoms with van der Waals surface area (Å²) in [5, 5.41) is 0.919. The molecule has 0 N–H and O–H groups in total. The van der Waals surface area contributed by atoms with Gasteiger partial charge in [0.1, 0.15) is 0 Å². The average Bonchev–Trinajstić information content (AvgIpc) is 2.49. The lowest BCUT2D eigenvalue weighted by atomic mass is 10.0. The van der Waals surface area contributed by atoms with Crippen molar-refractivity contribution >= 4 is 21.5 Å². The van der Waals surface area contributed by atoms with E-state index in [1.165, 1.54) is 16.7 Å². The fraction of sp³-hybridized carbons (Fsp3) is 0.412. The average molecular weight is 311 g/mol. The quantitative estimate of drug-likeness (QED) is 0.435. The van der Waals surface area contributed by atoms with Crippen LogP contribution in [0.4, 0.5) is 0 Å². The van der Waals surface area contributed by atoms with Crippen molar-refractivity contribution < 1.29 is 0 Å². The highest BCUT2D eigenvalue weighted by Crippen LogP contribution is 2.17. The van der Waals surface area contributed by atoms with Gasteiger partial charge in [0.05, 0.1) is 0 Å². The Kier molecular flexibility index (Phi) is 15.4. The van der Waals surface area contributed by atoms with Crippen LogP contribution >= 0.6 is 15.9 Å². The molecule has 0 saturated carbocycles. The van der Waals surface area contributed by atoms with Crippen molar-refractivity contribution in [3.05, 3.63) is 53.6 Å². The van der Waals surface area contributed by atoms with E-state index in [9.17, 15) is 0 Å². The fourth-order valence-corrected chi connectivity index (χ4v) is 1.70. The minimum Gasteiger partial charge on any atom is -0.0876 e. The maximum Gasteiger partial charge on any atom is 0.0283 e. The predicted molar refractivity (Wildman–Crippen MR) is 90.2 cm³/mol. The first-order valence-corrected chi connectivity index (χ1v) is 7.88. The molecule has 0 atom stereocenters. The minimum atomic E-state index is 0.919. The molecular formula is C17H27Br. The summed E-state index contributed by atoms with van der Waals surface area (Å²) in [5.41, 5.74) is 3.86. The molecule has 0 amide bonds. The van der Waals surface area contributed by atoms with E-state index in [1.54, 1.807) is 0 Å². The molecule has 0 fully saturated rings. The second kappa shape index (κ2) is 14.2. The van der Waals surface area contributed by atoms with Crippen molar-refractivity contribution in [1.29, 1.82) is 0 Å². The van der Waals surface area contributed by atoms with Gasteiger partial charge in [-0.25, -0.2) is 0 Å². The Morgan fingerprint density at radius 3 is 1.83 bits per heavy atom. The highest BCUT2D eigenvalue weighted by Gasteiger charge is 1.96. The SMILES string of the molecule is C/C=C\C(=C/C)c1ccc(CBr)cc1.CC.CC. The molecule has 0 bridgehead atoms. The second-order valence-corrected chi connectivity index (χ2v) is 3.64. The van der Waals surface area contributed by atoms with Gasteiger partial charge in [0.2, 0.25) is 0 Å². The molecule has 1 aromatic carbocycles. The zero-order valence-electron chi connectivity index (χ0n) is 12.6. The van der Waals surface area contributed by atoms with E-state index in [4.69, 9.17) is 0 Å². The molecule has 1 rings (SSSR count). The van der Waals surface area contributed by atoms with Gasteiger partial charge in [0.25, 0.3) is 0 Å². The summed E-state index contributed by atoms with van der Waals surface area (Å²) in [5.74, 6) is 0. The zero-order chi connectivity index (χ0) is 14.4. The van der Waals surface area contributed by atoms with Crippen molar-refractivity contribution in [3.8, 4) is 0 Å². The van der Waals surface area contributed by atoms with Crippen LogP contribution in [-0.2, 0) is 5.33 Å². The summed E-state index contributed by atoms with van der Waals surface area (Å²) in [4.78, 5) is 0. The molecule has 0 radical (unpaired) electrons. The summed E-state index contributed by atoms with van der Waals surface area (Å²) in [6, 6.07) is 8.62. The molecule has 0 saturated heterocycles. The summed E-state index contributed by atoms with van der Waals surface area (Å²) in [7, 11) is 0. The molecule has 0 unspecified atom stereocenters. The van der Waals surface area contributed by atoms with Gasteiger partial charge in [-0.2, -0.15) is 0 Å². The molecule has 0 aromatic heterocycles. The maximum atomic E-state index is 3.44. The zero-order valence-corrected chi connectivity index (χ0v) is 14.2. The molecule has 0 aliphatic carbocycles. The number of rotatable bonds is 3. The van der Waals surface area contributed by atoms with Crippen molar-refractivity contribution in [2.45, 2.75) is 46.9 Å². The van der Waals surface area contributed by atoms with E-state index in [1.807, 2.05) is 34.6 Å². The van der Waals surface area contributed by atoms with Crippen LogP contribution in [0.1, 0.15) is 52.7 Å². The van der Waals surface area contributed by atoms with Crippen LogP contribution in [0.2, 0.25) is 0 Å². The summed E-state index contributed by atoms with van der Waals surface area (Å²) < 4.78 is 0. The van der Waals surface area contributed by atoms with Gasteiger partial charge in [-0.15, -0.1) is 0 Å². The topological polar surface area (TPSA) is 0 Å². The number of alkyl halides is 1. The summed E-state index contributed by atoms with van der Waals surface area (Å²) >= 11 is 3.44. The first-order chi connectivity index (χ1) is 8.81. The Bertz CT molecular complexity index is 331. The lowest BCUT2D eigenvalue weighted by Gasteiger charge is -2.02. The Morgan fingerprint density at radius 2 is 1.50 bits per heavy atom. The number of halogens is 1. The van der Waals surface area contributed by atoms with Crippen LogP contribution in [0.3, 0.4) is 0 Å². The third-order valence-corrected chi connectivity index (χ3v) is 2.75. The predicted octanol–water partition coefficient (Wildman–Crippen LogP) is 6.61. The number of allylic oxidation sites excluding steroid dienone is 4.